The van der Waals surface area contributed by atoms with Gasteiger partial charge in [-0.1, -0.05) is 72.3 Å². The maximum absolute atomic E-state index is 13.0. The molecule has 0 spiro atoms. The number of nitrogens with zero attached hydrogens (tertiary/aromatic N) is 3. The van der Waals surface area contributed by atoms with Gasteiger partial charge in [0.05, 0.1) is 17.6 Å². The normalized spacial score (nSPS) is 11.0. The summed E-state index contributed by atoms with van der Waals surface area (Å²) in [5.74, 6) is 0.108. The Balaban J connectivity index is 1.67. The molecule has 142 valence electrons. The number of hydrogen-bond acceptors (Lipinski definition) is 4. The fourth-order valence-electron chi connectivity index (χ4n) is 2.84. The molecule has 29 heavy (non-hydrogen) atoms. The van der Waals surface area contributed by atoms with E-state index in [1.807, 2.05) is 48.5 Å². The molecule has 0 radical (unpaired) electrons. The van der Waals surface area contributed by atoms with Crippen LogP contribution in [-0.4, -0.2) is 16.2 Å². The minimum Gasteiger partial charge on any atom is -0.245 e. The van der Waals surface area contributed by atoms with Gasteiger partial charge in [0, 0.05) is 11.1 Å². The molecule has 0 unspecified atom stereocenters. The molecular formula is C24H19FN4. The van der Waals surface area contributed by atoms with Gasteiger partial charge in [0.1, 0.15) is 5.82 Å². The van der Waals surface area contributed by atoms with E-state index in [1.165, 1.54) is 17.7 Å². The Bertz CT molecular complexity index is 1120. The van der Waals surface area contributed by atoms with E-state index in [4.69, 9.17) is 0 Å². The molecule has 0 bridgehead atoms. The van der Waals surface area contributed by atoms with E-state index < -0.39 is 0 Å². The van der Waals surface area contributed by atoms with Crippen molar-refractivity contribution >= 4 is 12.2 Å². The molecule has 5 heteroatoms. The highest BCUT2D eigenvalue weighted by Crippen LogP contribution is 2.25. The van der Waals surface area contributed by atoms with Crippen LogP contribution in [-0.2, 0) is 0 Å². The van der Waals surface area contributed by atoms with Crippen LogP contribution in [0.2, 0.25) is 0 Å². The SMILES string of the molecule is Cc1ccc(-c2cc(-c3ccccc3)nc(N/N=C\c3ccc(F)cc3)n2)cc1. The second kappa shape index (κ2) is 8.44. The Morgan fingerprint density at radius 1 is 0.793 bits per heavy atom. The number of anilines is 1. The van der Waals surface area contributed by atoms with Crippen LogP contribution in [0.1, 0.15) is 11.1 Å². The molecule has 3 aromatic carbocycles. The quantitative estimate of drug-likeness (QED) is 0.356. The van der Waals surface area contributed by atoms with Gasteiger partial charge in [0.25, 0.3) is 0 Å². The average molecular weight is 382 g/mol. The highest BCUT2D eigenvalue weighted by atomic mass is 19.1. The van der Waals surface area contributed by atoms with Gasteiger partial charge in [-0.3, -0.25) is 0 Å². The average Bonchev–Trinajstić information content (AvgIpc) is 2.76. The number of halogens is 1. The van der Waals surface area contributed by atoms with E-state index in [-0.39, 0.29) is 5.82 Å². The summed E-state index contributed by atoms with van der Waals surface area (Å²) in [6, 6.07) is 26.2. The van der Waals surface area contributed by atoms with Gasteiger partial charge < -0.3 is 0 Å². The third-order valence-electron chi connectivity index (χ3n) is 4.39. The molecule has 0 atom stereocenters. The first kappa shape index (κ1) is 18.5. The lowest BCUT2D eigenvalue weighted by Gasteiger charge is -2.08. The van der Waals surface area contributed by atoms with Crippen molar-refractivity contribution in [3.63, 3.8) is 0 Å². The molecule has 0 aliphatic rings. The number of benzene rings is 3. The fraction of sp³-hybridized carbons (Fsp3) is 0.0417. The van der Waals surface area contributed by atoms with E-state index in [9.17, 15) is 4.39 Å². The van der Waals surface area contributed by atoms with Crippen molar-refractivity contribution in [1.82, 2.24) is 9.97 Å². The molecule has 0 fully saturated rings. The molecule has 1 heterocycles. The van der Waals surface area contributed by atoms with Crippen LogP contribution >= 0.6 is 0 Å². The van der Waals surface area contributed by atoms with Crippen molar-refractivity contribution in [2.24, 2.45) is 5.10 Å². The number of aryl methyl sites for hydroxylation is 1. The summed E-state index contributed by atoms with van der Waals surface area (Å²) in [7, 11) is 0. The van der Waals surface area contributed by atoms with E-state index in [0.717, 1.165) is 28.1 Å². The van der Waals surface area contributed by atoms with Gasteiger partial charge in [0.2, 0.25) is 5.95 Å². The third kappa shape index (κ3) is 4.71. The number of hydrogen-bond donors (Lipinski definition) is 1. The first-order chi connectivity index (χ1) is 14.2. The molecule has 1 N–H and O–H groups in total. The molecular weight excluding hydrogens is 363 g/mol. The number of hydrazone groups is 1. The van der Waals surface area contributed by atoms with Gasteiger partial charge in [-0.25, -0.2) is 19.8 Å². The number of nitrogens with one attached hydrogen (secondary N) is 1. The summed E-state index contributed by atoms with van der Waals surface area (Å²) < 4.78 is 13.0. The summed E-state index contributed by atoms with van der Waals surface area (Å²) in [6.07, 6.45) is 1.60. The van der Waals surface area contributed by atoms with Crippen molar-refractivity contribution in [1.29, 1.82) is 0 Å². The van der Waals surface area contributed by atoms with E-state index in [0.29, 0.717) is 5.95 Å². The van der Waals surface area contributed by atoms with Crippen molar-refractivity contribution in [2.75, 3.05) is 5.43 Å². The third-order valence-corrected chi connectivity index (χ3v) is 4.39. The van der Waals surface area contributed by atoms with E-state index >= 15 is 0 Å². The van der Waals surface area contributed by atoms with E-state index in [2.05, 4.69) is 39.6 Å². The van der Waals surface area contributed by atoms with Gasteiger partial charge in [0.15, 0.2) is 0 Å². The monoisotopic (exact) mass is 382 g/mol. The lowest BCUT2D eigenvalue weighted by atomic mass is 10.1. The zero-order valence-electron chi connectivity index (χ0n) is 15.9. The van der Waals surface area contributed by atoms with Gasteiger partial charge in [-0.15, -0.1) is 0 Å². The topological polar surface area (TPSA) is 50.2 Å². The Morgan fingerprint density at radius 2 is 1.41 bits per heavy atom. The van der Waals surface area contributed by atoms with Gasteiger partial charge in [-0.05, 0) is 30.7 Å². The molecule has 0 aliphatic carbocycles. The molecule has 0 saturated carbocycles. The van der Waals surface area contributed by atoms with Crippen LogP contribution in [0.5, 0.6) is 0 Å². The molecule has 4 nitrogen and oxygen atoms in total. The Kier molecular flexibility index (Phi) is 5.38. The maximum atomic E-state index is 13.0. The fourth-order valence-corrected chi connectivity index (χ4v) is 2.84. The van der Waals surface area contributed by atoms with Crippen LogP contribution in [0.4, 0.5) is 10.3 Å². The molecule has 0 saturated heterocycles. The molecule has 4 aromatic rings. The molecule has 0 amide bonds. The van der Waals surface area contributed by atoms with Gasteiger partial charge >= 0.3 is 0 Å². The zero-order chi connectivity index (χ0) is 20.1. The van der Waals surface area contributed by atoms with Crippen LogP contribution in [0, 0.1) is 12.7 Å². The predicted molar refractivity (Wildman–Crippen MR) is 115 cm³/mol. The maximum Gasteiger partial charge on any atom is 0.244 e. The first-order valence-corrected chi connectivity index (χ1v) is 9.23. The van der Waals surface area contributed by atoms with Crippen LogP contribution in [0.25, 0.3) is 22.5 Å². The Morgan fingerprint density at radius 3 is 2.07 bits per heavy atom. The Labute approximate surface area is 168 Å². The van der Waals surface area contributed by atoms with Crippen LogP contribution < -0.4 is 5.43 Å². The zero-order valence-corrected chi connectivity index (χ0v) is 15.9. The summed E-state index contributed by atoms with van der Waals surface area (Å²) in [6.45, 7) is 2.05. The summed E-state index contributed by atoms with van der Waals surface area (Å²) >= 11 is 0. The summed E-state index contributed by atoms with van der Waals surface area (Å²) in [5, 5.41) is 4.20. The van der Waals surface area contributed by atoms with Crippen molar-refractivity contribution in [3.8, 4) is 22.5 Å². The molecule has 1 aromatic heterocycles. The van der Waals surface area contributed by atoms with E-state index in [1.54, 1.807) is 18.3 Å². The van der Waals surface area contributed by atoms with Crippen molar-refractivity contribution in [2.45, 2.75) is 6.92 Å². The second-order valence-electron chi connectivity index (χ2n) is 6.62. The summed E-state index contributed by atoms with van der Waals surface area (Å²) in [4.78, 5) is 9.20. The lowest BCUT2D eigenvalue weighted by Crippen LogP contribution is -2.00. The smallest absolute Gasteiger partial charge is 0.244 e. The number of aromatic nitrogens is 2. The minimum absolute atomic E-state index is 0.281. The minimum atomic E-state index is -0.281. The molecule has 4 rings (SSSR count). The number of rotatable bonds is 5. The van der Waals surface area contributed by atoms with Crippen LogP contribution in [0.3, 0.4) is 0 Å². The highest BCUT2D eigenvalue weighted by Gasteiger charge is 2.08. The second-order valence-corrected chi connectivity index (χ2v) is 6.62. The standard InChI is InChI=1S/C24H19FN4/c1-17-7-11-20(12-8-17)23-15-22(19-5-3-2-4-6-19)27-24(28-23)29-26-16-18-9-13-21(25)14-10-18/h2-16H,1H3,(H,27,28,29)/b26-16-. The van der Waals surface area contributed by atoms with Crippen molar-refractivity contribution < 1.29 is 4.39 Å². The largest absolute Gasteiger partial charge is 0.245 e. The van der Waals surface area contributed by atoms with Gasteiger partial charge in [-0.2, -0.15) is 5.10 Å². The highest BCUT2D eigenvalue weighted by molar-refractivity contribution is 5.80. The Hall–Kier alpha value is -3.86. The van der Waals surface area contributed by atoms with Crippen LogP contribution in [0.15, 0.2) is 90.0 Å². The lowest BCUT2D eigenvalue weighted by molar-refractivity contribution is 0.628. The predicted octanol–water partition coefficient (Wildman–Crippen LogP) is 5.70. The molecule has 0 aliphatic heterocycles. The van der Waals surface area contributed by atoms with Crippen molar-refractivity contribution in [3.05, 3.63) is 102 Å². The first-order valence-electron chi connectivity index (χ1n) is 9.23. The summed E-state index contributed by atoms with van der Waals surface area (Å²) in [5.41, 5.74) is 8.46.